The van der Waals surface area contributed by atoms with Crippen LogP contribution < -0.4 is 5.32 Å². The van der Waals surface area contributed by atoms with Crippen molar-refractivity contribution in [3.63, 3.8) is 0 Å². The Morgan fingerprint density at radius 2 is 2.19 bits per heavy atom. The van der Waals surface area contributed by atoms with Crippen molar-refractivity contribution in [3.05, 3.63) is 34.9 Å². The van der Waals surface area contributed by atoms with E-state index < -0.39 is 0 Å². The molecule has 2 unspecified atom stereocenters. The lowest BCUT2D eigenvalue weighted by atomic mass is 10.1. The van der Waals surface area contributed by atoms with Crippen LogP contribution in [0.15, 0.2) is 24.3 Å². The van der Waals surface area contributed by atoms with Gasteiger partial charge in [-0.2, -0.15) is 0 Å². The molecule has 1 fully saturated rings. The van der Waals surface area contributed by atoms with Crippen molar-refractivity contribution in [3.8, 4) is 0 Å². The van der Waals surface area contributed by atoms with Crippen LogP contribution in [0.5, 0.6) is 0 Å². The van der Waals surface area contributed by atoms with Crippen LogP contribution in [-0.4, -0.2) is 31.1 Å². The average Bonchev–Trinajstić information content (AvgIpc) is 2.81. The van der Waals surface area contributed by atoms with E-state index in [4.69, 9.17) is 11.6 Å². The molecule has 2 rings (SSSR count). The summed E-state index contributed by atoms with van der Waals surface area (Å²) in [6.45, 7) is 4.44. The summed E-state index contributed by atoms with van der Waals surface area (Å²) in [5, 5.41) is 4.27. The predicted octanol–water partition coefficient (Wildman–Crippen LogP) is 2.69. The van der Waals surface area contributed by atoms with Crippen LogP contribution in [0.25, 0.3) is 0 Å². The first-order chi connectivity index (χ1) is 7.70. The number of benzene rings is 1. The Labute approximate surface area is 103 Å². The van der Waals surface area contributed by atoms with Gasteiger partial charge < -0.3 is 5.32 Å². The molecule has 1 N–H and O–H groups in total. The molecule has 0 amide bonds. The summed E-state index contributed by atoms with van der Waals surface area (Å²) in [6.07, 6.45) is 1.23. The van der Waals surface area contributed by atoms with Crippen molar-refractivity contribution in [2.75, 3.05) is 20.1 Å². The Morgan fingerprint density at radius 3 is 2.81 bits per heavy atom. The van der Waals surface area contributed by atoms with Gasteiger partial charge in [-0.15, -0.1) is 0 Å². The Bertz CT molecular complexity index is 348. The number of hydrogen-bond donors (Lipinski definition) is 1. The van der Waals surface area contributed by atoms with Gasteiger partial charge in [0, 0.05) is 23.7 Å². The SMILES string of the molecule is CC(c1ccccc1Cl)N(C)C1CCNC1. The lowest BCUT2D eigenvalue weighted by Crippen LogP contribution is -2.35. The van der Waals surface area contributed by atoms with Gasteiger partial charge in [-0.3, -0.25) is 4.90 Å². The smallest absolute Gasteiger partial charge is 0.0453 e. The quantitative estimate of drug-likeness (QED) is 0.871. The fourth-order valence-corrected chi connectivity index (χ4v) is 2.63. The van der Waals surface area contributed by atoms with Crippen LogP contribution in [0, 0.1) is 0 Å². The molecule has 0 aromatic heterocycles. The first-order valence-corrected chi connectivity index (χ1v) is 6.25. The van der Waals surface area contributed by atoms with E-state index in [1.165, 1.54) is 12.0 Å². The molecule has 1 aliphatic heterocycles. The summed E-state index contributed by atoms with van der Waals surface area (Å²) in [5.74, 6) is 0. The molecule has 3 heteroatoms. The largest absolute Gasteiger partial charge is 0.315 e. The standard InChI is InChI=1S/C13H19ClN2/c1-10(12-5-3-4-6-13(12)14)16(2)11-7-8-15-9-11/h3-6,10-11,15H,7-9H2,1-2H3. The van der Waals surface area contributed by atoms with E-state index in [0.29, 0.717) is 12.1 Å². The number of nitrogens with one attached hydrogen (secondary N) is 1. The number of likely N-dealkylation sites (N-methyl/N-ethyl adjacent to an activating group) is 1. The molecular weight excluding hydrogens is 220 g/mol. The van der Waals surface area contributed by atoms with E-state index in [2.05, 4.69) is 36.3 Å². The maximum Gasteiger partial charge on any atom is 0.0453 e. The highest BCUT2D eigenvalue weighted by atomic mass is 35.5. The molecule has 1 aromatic rings. The Balaban J connectivity index is 2.11. The maximum atomic E-state index is 6.23. The predicted molar refractivity (Wildman–Crippen MR) is 68.9 cm³/mol. The van der Waals surface area contributed by atoms with Gasteiger partial charge in [0.1, 0.15) is 0 Å². The summed E-state index contributed by atoms with van der Waals surface area (Å²) in [7, 11) is 2.19. The van der Waals surface area contributed by atoms with E-state index >= 15 is 0 Å². The zero-order valence-corrected chi connectivity index (χ0v) is 10.7. The third kappa shape index (κ3) is 2.40. The first-order valence-electron chi connectivity index (χ1n) is 5.87. The van der Waals surface area contributed by atoms with Gasteiger partial charge in [-0.25, -0.2) is 0 Å². The lowest BCUT2D eigenvalue weighted by molar-refractivity contribution is 0.197. The molecule has 0 bridgehead atoms. The average molecular weight is 239 g/mol. The lowest BCUT2D eigenvalue weighted by Gasteiger charge is -2.30. The molecule has 16 heavy (non-hydrogen) atoms. The summed E-state index contributed by atoms with van der Waals surface area (Å²) >= 11 is 6.23. The van der Waals surface area contributed by atoms with Gasteiger partial charge in [0.05, 0.1) is 0 Å². The van der Waals surface area contributed by atoms with Gasteiger partial charge in [-0.1, -0.05) is 29.8 Å². The topological polar surface area (TPSA) is 15.3 Å². The highest BCUT2D eigenvalue weighted by Gasteiger charge is 2.24. The van der Waals surface area contributed by atoms with E-state index in [9.17, 15) is 0 Å². The third-order valence-corrected chi connectivity index (χ3v) is 3.92. The molecule has 1 aromatic carbocycles. The number of halogens is 1. The van der Waals surface area contributed by atoms with Crippen LogP contribution in [-0.2, 0) is 0 Å². The molecule has 0 radical (unpaired) electrons. The van der Waals surface area contributed by atoms with Crippen LogP contribution in [0.2, 0.25) is 5.02 Å². The Morgan fingerprint density at radius 1 is 1.44 bits per heavy atom. The summed E-state index contributed by atoms with van der Waals surface area (Å²) in [6, 6.07) is 9.12. The molecule has 88 valence electrons. The second-order valence-electron chi connectivity index (χ2n) is 4.51. The van der Waals surface area contributed by atoms with E-state index in [-0.39, 0.29) is 0 Å². The van der Waals surface area contributed by atoms with Crippen LogP contribution in [0.1, 0.15) is 24.9 Å². The summed E-state index contributed by atoms with van der Waals surface area (Å²) < 4.78 is 0. The zero-order valence-electron chi connectivity index (χ0n) is 9.91. The fourth-order valence-electron chi connectivity index (χ4n) is 2.34. The second-order valence-corrected chi connectivity index (χ2v) is 4.92. The number of rotatable bonds is 3. The van der Waals surface area contributed by atoms with Crippen LogP contribution >= 0.6 is 11.6 Å². The molecule has 0 saturated carbocycles. The van der Waals surface area contributed by atoms with Crippen molar-refractivity contribution in [1.29, 1.82) is 0 Å². The molecule has 1 saturated heterocycles. The molecule has 1 aliphatic rings. The van der Waals surface area contributed by atoms with Gasteiger partial charge >= 0.3 is 0 Å². The van der Waals surface area contributed by atoms with Gasteiger partial charge in [0.2, 0.25) is 0 Å². The molecule has 0 spiro atoms. The minimum atomic E-state index is 0.374. The molecule has 0 aliphatic carbocycles. The minimum absolute atomic E-state index is 0.374. The van der Waals surface area contributed by atoms with Gasteiger partial charge in [-0.05, 0) is 38.6 Å². The summed E-state index contributed by atoms with van der Waals surface area (Å²) in [5.41, 5.74) is 1.22. The second kappa shape index (κ2) is 5.17. The third-order valence-electron chi connectivity index (χ3n) is 3.58. The van der Waals surface area contributed by atoms with Crippen LogP contribution in [0.4, 0.5) is 0 Å². The van der Waals surface area contributed by atoms with Crippen LogP contribution in [0.3, 0.4) is 0 Å². The van der Waals surface area contributed by atoms with Gasteiger partial charge in [0.25, 0.3) is 0 Å². The van der Waals surface area contributed by atoms with E-state index in [1.807, 2.05) is 12.1 Å². The van der Waals surface area contributed by atoms with Gasteiger partial charge in [0.15, 0.2) is 0 Å². The molecule has 2 atom stereocenters. The Hall–Kier alpha value is -0.570. The monoisotopic (exact) mass is 238 g/mol. The van der Waals surface area contributed by atoms with Crippen molar-refractivity contribution in [2.45, 2.75) is 25.4 Å². The molecule has 2 nitrogen and oxygen atoms in total. The van der Waals surface area contributed by atoms with E-state index in [0.717, 1.165) is 18.1 Å². The zero-order chi connectivity index (χ0) is 11.5. The van der Waals surface area contributed by atoms with E-state index in [1.54, 1.807) is 0 Å². The van der Waals surface area contributed by atoms with Crippen molar-refractivity contribution >= 4 is 11.6 Å². The van der Waals surface area contributed by atoms with Crippen molar-refractivity contribution in [2.24, 2.45) is 0 Å². The van der Waals surface area contributed by atoms with Crippen molar-refractivity contribution < 1.29 is 0 Å². The highest BCUT2D eigenvalue weighted by molar-refractivity contribution is 6.31. The normalized spacial score (nSPS) is 22.6. The minimum Gasteiger partial charge on any atom is -0.315 e. The number of nitrogens with zero attached hydrogens (tertiary/aromatic N) is 1. The van der Waals surface area contributed by atoms with Crippen molar-refractivity contribution in [1.82, 2.24) is 10.2 Å². The molecule has 1 heterocycles. The highest BCUT2D eigenvalue weighted by Crippen LogP contribution is 2.28. The fraction of sp³-hybridized carbons (Fsp3) is 0.538. The summed E-state index contributed by atoms with van der Waals surface area (Å²) in [4.78, 5) is 2.42. The Kier molecular flexibility index (Phi) is 3.85. The maximum absolute atomic E-state index is 6.23. The number of hydrogen-bond acceptors (Lipinski definition) is 2. The first kappa shape index (κ1) is 11.9. The molecular formula is C13H19ClN2.